The lowest BCUT2D eigenvalue weighted by Crippen LogP contribution is -2.34. The van der Waals surface area contributed by atoms with E-state index in [1.165, 1.54) is 77.0 Å². The van der Waals surface area contributed by atoms with E-state index in [0.717, 1.165) is 77.0 Å². The van der Waals surface area contributed by atoms with E-state index in [2.05, 4.69) is 79.1 Å². The maximum absolute atomic E-state index is 12.6. The van der Waals surface area contributed by atoms with Crippen molar-refractivity contribution in [1.29, 1.82) is 0 Å². The molecule has 0 spiro atoms. The van der Waals surface area contributed by atoms with Gasteiger partial charge in [-0.15, -0.1) is 0 Å². The molecule has 12 heteroatoms. The molecule has 3 atom stereocenters. The third-order valence-electron chi connectivity index (χ3n) is 9.74. The summed E-state index contributed by atoms with van der Waals surface area (Å²) in [5.41, 5.74) is 5.34. The number of phosphoric ester groups is 1. The highest BCUT2D eigenvalue weighted by molar-refractivity contribution is 7.47. The smallest absolute Gasteiger partial charge is 0.472 e. The second-order valence-electron chi connectivity index (χ2n) is 15.5. The minimum Gasteiger partial charge on any atom is -0.480 e. The average molecular weight is 866 g/mol. The van der Waals surface area contributed by atoms with Gasteiger partial charge in [0.15, 0.2) is 6.10 Å². The Kier molecular flexibility index (Phi) is 40.8. The van der Waals surface area contributed by atoms with Crippen molar-refractivity contribution in [2.45, 2.75) is 206 Å². The predicted molar refractivity (Wildman–Crippen MR) is 245 cm³/mol. The number of esters is 2. The second kappa shape index (κ2) is 42.9. The molecule has 0 aliphatic carbocycles. The highest BCUT2D eigenvalue weighted by Gasteiger charge is 2.28. The minimum absolute atomic E-state index is 0.133. The summed E-state index contributed by atoms with van der Waals surface area (Å²) in [6, 6.07) is -1.53. The Labute approximate surface area is 364 Å². The number of carboxylic acid groups (broad SMARTS) is 1. The molecule has 346 valence electrons. The summed E-state index contributed by atoms with van der Waals surface area (Å²) >= 11 is 0. The number of carbonyl (C=O) groups is 3. The van der Waals surface area contributed by atoms with Crippen LogP contribution in [0.15, 0.2) is 60.8 Å². The fourth-order valence-corrected chi connectivity index (χ4v) is 6.82. The number of aliphatic carboxylic acids is 1. The lowest BCUT2D eigenvalue weighted by atomic mass is 10.1. The number of nitrogens with two attached hydrogens (primary N) is 1. The molecule has 0 aromatic heterocycles. The number of ether oxygens (including phenoxy) is 2. The van der Waals surface area contributed by atoms with Crippen molar-refractivity contribution in [3.8, 4) is 0 Å². The van der Waals surface area contributed by atoms with Gasteiger partial charge >= 0.3 is 25.7 Å². The van der Waals surface area contributed by atoms with Crippen LogP contribution in [0.4, 0.5) is 0 Å². The zero-order valence-electron chi connectivity index (χ0n) is 37.5. The van der Waals surface area contributed by atoms with Crippen molar-refractivity contribution in [3.05, 3.63) is 60.8 Å². The predicted octanol–water partition coefficient (Wildman–Crippen LogP) is 12.7. The molecule has 0 heterocycles. The standard InChI is InChI=1S/C48H84NO10P/c1-3-5-7-9-11-13-15-17-19-21-22-24-25-27-29-31-33-35-37-39-46(50)56-41-44(42-57-60(54,55)58-43-45(49)48(52)53)59-47(51)40-38-36-34-32-30-28-26-23-20-18-16-14-12-10-8-6-4-2/h11-14,17-20,26,28,44-45H,3-10,15-16,21-25,27,29-43,49H2,1-2H3,(H,52,53)(H,54,55)/b13-11+,14-12+,19-17+,20-18+,28-26+/t44-,45+/m1/s1. The highest BCUT2D eigenvalue weighted by atomic mass is 31.2. The molecule has 0 fully saturated rings. The molecule has 1 unspecified atom stereocenters. The lowest BCUT2D eigenvalue weighted by Gasteiger charge is -2.20. The molecule has 0 saturated heterocycles. The van der Waals surface area contributed by atoms with Crippen LogP contribution < -0.4 is 5.73 Å². The fourth-order valence-electron chi connectivity index (χ4n) is 6.04. The maximum Gasteiger partial charge on any atom is 0.472 e. The number of hydrogen-bond acceptors (Lipinski definition) is 9. The number of phosphoric acid groups is 1. The zero-order chi connectivity index (χ0) is 44.2. The third-order valence-corrected chi connectivity index (χ3v) is 10.7. The van der Waals surface area contributed by atoms with Gasteiger partial charge < -0.3 is 25.2 Å². The average Bonchev–Trinajstić information content (AvgIpc) is 3.22. The van der Waals surface area contributed by atoms with Crippen LogP contribution in [0.1, 0.15) is 194 Å². The van der Waals surface area contributed by atoms with Crippen molar-refractivity contribution < 1.29 is 47.5 Å². The van der Waals surface area contributed by atoms with Gasteiger partial charge in [-0.25, -0.2) is 4.57 Å². The van der Waals surface area contributed by atoms with Crippen molar-refractivity contribution in [3.63, 3.8) is 0 Å². The SMILES string of the molecule is CCCCC/C=C/C/C=C/C/C=C/CCCCCCC(=O)O[C@H](COC(=O)CCCCCCCCCCC/C=C/C/C=C/CCCCC)COP(=O)(O)OC[C@H](N)C(=O)O. The third kappa shape index (κ3) is 41.9. The molecule has 0 aliphatic rings. The van der Waals surface area contributed by atoms with E-state index < -0.39 is 51.1 Å². The van der Waals surface area contributed by atoms with Gasteiger partial charge in [-0.05, 0) is 83.5 Å². The van der Waals surface area contributed by atoms with E-state index in [-0.39, 0.29) is 19.4 Å². The molecule has 4 N–H and O–H groups in total. The van der Waals surface area contributed by atoms with Crippen LogP contribution in [0.5, 0.6) is 0 Å². The van der Waals surface area contributed by atoms with Gasteiger partial charge in [0.05, 0.1) is 13.2 Å². The molecular formula is C48H84NO10P. The van der Waals surface area contributed by atoms with Crippen LogP contribution in [0.3, 0.4) is 0 Å². The molecule has 0 aromatic rings. The second-order valence-corrected chi connectivity index (χ2v) is 17.0. The number of carboxylic acids is 1. The van der Waals surface area contributed by atoms with Crippen molar-refractivity contribution >= 4 is 25.7 Å². The van der Waals surface area contributed by atoms with Gasteiger partial charge in [-0.2, -0.15) is 0 Å². The largest absolute Gasteiger partial charge is 0.480 e. The Morgan fingerprint density at radius 1 is 0.517 bits per heavy atom. The van der Waals surface area contributed by atoms with Crippen molar-refractivity contribution in [1.82, 2.24) is 0 Å². The summed E-state index contributed by atoms with van der Waals surface area (Å²) in [5.74, 6) is -2.41. The van der Waals surface area contributed by atoms with E-state index in [9.17, 15) is 23.8 Å². The molecule has 0 radical (unpaired) electrons. The Hall–Kier alpha value is -2.82. The van der Waals surface area contributed by atoms with Crippen LogP contribution in [-0.2, 0) is 37.5 Å². The Bertz CT molecular complexity index is 1250. The quantitative estimate of drug-likeness (QED) is 0.0230. The van der Waals surface area contributed by atoms with Gasteiger partial charge in [0.25, 0.3) is 0 Å². The van der Waals surface area contributed by atoms with E-state index in [0.29, 0.717) is 12.8 Å². The molecule has 0 aliphatic heterocycles. The molecule has 0 saturated carbocycles. The number of hydrogen-bond donors (Lipinski definition) is 3. The van der Waals surface area contributed by atoms with Gasteiger partial charge in [-0.1, -0.05) is 158 Å². The minimum atomic E-state index is -4.73. The maximum atomic E-state index is 12.6. The molecule has 60 heavy (non-hydrogen) atoms. The van der Waals surface area contributed by atoms with Crippen LogP contribution in [0.2, 0.25) is 0 Å². The summed E-state index contributed by atoms with van der Waals surface area (Å²) in [7, 11) is -4.73. The van der Waals surface area contributed by atoms with Crippen LogP contribution >= 0.6 is 7.82 Å². The Morgan fingerprint density at radius 3 is 1.32 bits per heavy atom. The summed E-state index contributed by atoms with van der Waals surface area (Å²) in [5, 5.41) is 8.90. The lowest BCUT2D eigenvalue weighted by molar-refractivity contribution is -0.161. The number of rotatable bonds is 43. The van der Waals surface area contributed by atoms with Crippen LogP contribution in [0.25, 0.3) is 0 Å². The van der Waals surface area contributed by atoms with Crippen LogP contribution in [0, 0.1) is 0 Å². The normalized spacial score (nSPS) is 14.2. The van der Waals surface area contributed by atoms with Gasteiger partial charge in [0.1, 0.15) is 12.6 Å². The zero-order valence-corrected chi connectivity index (χ0v) is 38.4. The first kappa shape index (κ1) is 57.2. The summed E-state index contributed by atoms with van der Waals surface area (Å²) < 4.78 is 32.7. The highest BCUT2D eigenvalue weighted by Crippen LogP contribution is 2.43. The van der Waals surface area contributed by atoms with Crippen molar-refractivity contribution in [2.24, 2.45) is 5.73 Å². The molecule has 0 amide bonds. The molecule has 0 rings (SSSR count). The first-order chi connectivity index (χ1) is 29.1. The summed E-state index contributed by atoms with van der Waals surface area (Å²) in [6.45, 7) is 2.73. The summed E-state index contributed by atoms with van der Waals surface area (Å²) in [4.78, 5) is 46.1. The summed E-state index contributed by atoms with van der Waals surface area (Å²) in [6.07, 6.45) is 49.9. The Morgan fingerprint density at radius 2 is 0.883 bits per heavy atom. The van der Waals surface area contributed by atoms with Gasteiger partial charge in [-0.3, -0.25) is 23.4 Å². The molecule has 0 bridgehead atoms. The van der Waals surface area contributed by atoms with Gasteiger partial charge in [0, 0.05) is 12.8 Å². The molecular weight excluding hydrogens is 781 g/mol. The van der Waals surface area contributed by atoms with Crippen LogP contribution in [-0.4, -0.2) is 59.9 Å². The first-order valence-corrected chi connectivity index (χ1v) is 24.8. The monoisotopic (exact) mass is 866 g/mol. The van der Waals surface area contributed by atoms with E-state index in [4.69, 9.17) is 24.8 Å². The van der Waals surface area contributed by atoms with Gasteiger partial charge in [0.2, 0.25) is 0 Å². The topological polar surface area (TPSA) is 172 Å². The van der Waals surface area contributed by atoms with Crippen molar-refractivity contribution in [2.75, 3.05) is 19.8 Å². The first-order valence-electron chi connectivity index (χ1n) is 23.3. The number of allylic oxidation sites excluding steroid dienone is 10. The fraction of sp³-hybridized carbons (Fsp3) is 0.729. The molecule has 11 nitrogen and oxygen atoms in total. The Balaban J connectivity index is 4.36. The van der Waals surface area contributed by atoms with E-state index in [1.54, 1.807) is 0 Å². The number of carbonyl (C=O) groups excluding carboxylic acids is 2. The molecule has 0 aromatic carbocycles. The van der Waals surface area contributed by atoms with E-state index >= 15 is 0 Å². The van der Waals surface area contributed by atoms with E-state index in [1.807, 2.05) is 0 Å². The number of unbranched alkanes of at least 4 members (excludes halogenated alkanes) is 19.